The predicted molar refractivity (Wildman–Crippen MR) is 156 cm³/mol. The van der Waals surface area contributed by atoms with Crippen molar-refractivity contribution < 1.29 is 62.4 Å². The number of epoxide rings is 1. The topological polar surface area (TPSA) is 161 Å². The van der Waals surface area contributed by atoms with E-state index in [1.165, 1.54) is 14.0 Å². The Balaban J connectivity index is 1.18. The zero-order chi connectivity index (χ0) is 32.6. The Morgan fingerprint density at radius 3 is 2.61 bits per heavy atom. The van der Waals surface area contributed by atoms with Crippen LogP contribution in [0, 0.1) is 6.92 Å². The Hall–Kier alpha value is -3.04. The maximum absolute atomic E-state index is 13.1. The second kappa shape index (κ2) is 9.75. The number of aromatic hydroxyl groups is 1. The fourth-order valence-corrected chi connectivity index (χ4v) is 8.59. The number of phenolic OH excluding ortho intramolecular Hbond substituents is 1. The number of hydrogen-bond acceptors (Lipinski definition) is 13. The first-order chi connectivity index (χ1) is 21.8. The number of benzene rings is 2. The first-order valence-corrected chi connectivity index (χ1v) is 15.7. The van der Waals surface area contributed by atoms with Gasteiger partial charge in [0.05, 0.1) is 30.8 Å². The van der Waals surface area contributed by atoms with Crippen LogP contribution in [0.15, 0.2) is 6.07 Å². The third kappa shape index (κ3) is 3.70. The fourth-order valence-electron chi connectivity index (χ4n) is 8.59. The van der Waals surface area contributed by atoms with Crippen LogP contribution in [0.3, 0.4) is 0 Å². The highest BCUT2D eigenvalue weighted by Crippen LogP contribution is 2.71. The highest BCUT2D eigenvalue weighted by atomic mass is 16.9. The second-order valence-corrected chi connectivity index (χ2v) is 13.5. The molecule has 248 valence electrons. The maximum Gasteiger partial charge on any atom is 0.303 e. The molecule has 13 heteroatoms. The number of phenols is 1. The third-order valence-corrected chi connectivity index (χ3v) is 10.6. The quantitative estimate of drug-likeness (QED) is 0.350. The summed E-state index contributed by atoms with van der Waals surface area (Å²) in [5.74, 6) is -2.92. The molecule has 0 radical (unpaired) electrons. The van der Waals surface area contributed by atoms with Gasteiger partial charge < -0.3 is 52.8 Å². The number of ether oxygens (including phenoxy) is 9. The SMILES string of the molecule is COc1c2c(c(O)c3c4c(c(C)cc13)C1OC3(CO[C@@H]5C[C@@](C)(O)[C@@H](OC(C)=O)[C@H](C)O5)OC1[C@@](OC)(O4)[C@@]31CO1)C(=O)CCC2. The van der Waals surface area contributed by atoms with Crippen LogP contribution in [0.25, 0.3) is 10.8 Å². The number of hydrogen-bond donors (Lipinski definition) is 2. The smallest absolute Gasteiger partial charge is 0.303 e. The van der Waals surface area contributed by atoms with E-state index in [4.69, 9.17) is 42.6 Å². The highest BCUT2D eigenvalue weighted by molar-refractivity contribution is 6.11. The molecule has 2 N–H and O–H groups in total. The van der Waals surface area contributed by atoms with Gasteiger partial charge in [-0.1, -0.05) is 0 Å². The third-order valence-electron chi connectivity index (χ3n) is 10.6. The van der Waals surface area contributed by atoms with Gasteiger partial charge in [-0.25, -0.2) is 0 Å². The number of fused-ring (bicyclic) bond motifs is 8. The summed E-state index contributed by atoms with van der Waals surface area (Å²) in [6.45, 7) is 6.50. The van der Waals surface area contributed by atoms with Gasteiger partial charge in [0.25, 0.3) is 5.79 Å². The van der Waals surface area contributed by atoms with Gasteiger partial charge in [-0.05, 0) is 45.2 Å². The van der Waals surface area contributed by atoms with E-state index < -0.39 is 59.5 Å². The molecule has 2 aromatic rings. The number of carbonyl (C=O) groups excluding carboxylic acids is 2. The second-order valence-electron chi connectivity index (χ2n) is 13.5. The molecule has 2 bridgehead atoms. The molecule has 6 aliphatic rings. The Morgan fingerprint density at radius 1 is 1.20 bits per heavy atom. The minimum atomic E-state index is -1.49. The van der Waals surface area contributed by atoms with E-state index in [1.54, 1.807) is 21.0 Å². The van der Waals surface area contributed by atoms with Crippen molar-refractivity contribution in [3.63, 3.8) is 0 Å². The van der Waals surface area contributed by atoms with E-state index in [1.807, 2.05) is 13.0 Å². The van der Waals surface area contributed by atoms with Crippen LogP contribution in [-0.4, -0.2) is 96.8 Å². The molecule has 1 aliphatic carbocycles. The van der Waals surface area contributed by atoms with Gasteiger partial charge in [0.15, 0.2) is 24.3 Å². The summed E-state index contributed by atoms with van der Waals surface area (Å²) in [4.78, 5) is 24.7. The number of methoxy groups -OCH3 is 2. The standard InChI is InChI=1S/C33H38O13/c1-14-10-18-23(24(36)22-17(25(18)38-5)8-7-9-19(22)35)26-21(14)27-29-33(39-6,45-26)31(12-41-31)32(44-27,46-29)13-40-20-11-30(4,37)28(15(2)42-20)43-16(3)34/h10,15,20,27-29,36-37H,7-9,11-13H2,1-6H3/t15-,20-,27?,28-,29?,30+,31+,32?,33+/m0/s1. The Bertz CT molecular complexity index is 1680. The van der Waals surface area contributed by atoms with Gasteiger partial charge in [-0.3, -0.25) is 9.59 Å². The molecule has 0 saturated carbocycles. The molecule has 13 nitrogen and oxygen atoms in total. The zero-order valence-corrected chi connectivity index (χ0v) is 26.6. The van der Waals surface area contributed by atoms with Crippen molar-refractivity contribution in [2.75, 3.05) is 27.4 Å². The van der Waals surface area contributed by atoms with Crippen molar-refractivity contribution >= 4 is 22.5 Å². The molecule has 3 unspecified atom stereocenters. The maximum atomic E-state index is 13.1. The lowest BCUT2D eigenvalue weighted by Crippen LogP contribution is -2.68. The summed E-state index contributed by atoms with van der Waals surface area (Å²) in [7, 11) is 3.06. The lowest BCUT2D eigenvalue weighted by molar-refractivity contribution is -0.323. The molecule has 4 saturated heterocycles. The average molecular weight is 643 g/mol. The number of aryl methyl sites for hydroxylation is 1. The molecule has 9 atom stereocenters. The van der Waals surface area contributed by atoms with Crippen LogP contribution >= 0.6 is 0 Å². The largest absolute Gasteiger partial charge is 0.506 e. The molecular weight excluding hydrogens is 604 g/mol. The van der Waals surface area contributed by atoms with Crippen LogP contribution in [0.4, 0.5) is 0 Å². The summed E-state index contributed by atoms with van der Waals surface area (Å²) in [6.07, 6.45) is -2.23. The Kier molecular flexibility index (Phi) is 6.42. The van der Waals surface area contributed by atoms with Crippen molar-refractivity contribution in [1.82, 2.24) is 0 Å². The normalized spacial score (nSPS) is 40.1. The Labute approximate surface area is 264 Å². The van der Waals surface area contributed by atoms with Gasteiger partial charge in [-0.2, -0.15) is 0 Å². The van der Waals surface area contributed by atoms with Gasteiger partial charge in [0.2, 0.25) is 11.4 Å². The number of rotatable bonds is 6. The zero-order valence-electron chi connectivity index (χ0n) is 26.6. The van der Waals surface area contributed by atoms with Crippen molar-refractivity contribution in [1.29, 1.82) is 0 Å². The summed E-state index contributed by atoms with van der Waals surface area (Å²) in [6, 6.07) is 1.91. The molecule has 5 heterocycles. The number of esters is 1. The van der Waals surface area contributed by atoms with E-state index in [0.29, 0.717) is 52.7 Å². The Morgan fingerprint density at radius 2 is 1.96 bits per heavy atom. The average Bonchev–Trinajstić information content (AvgIpc) is 3.66. The molecule has 0 aromatic heterocycles. The predicted octanol–water partition coefficient (Wildman–Crippen LogP) is 2.89. The molecule has 0 amide bonds. The number of aliphatic hydroxyl groups is 1. The van der Waals surface area contributed by atoms with Crippen molar-refractivity contribution in [2.45, 2.75) is 107 Å². The van der Waals surface area contributed by atoms with Crippen LogP contribution in [0.2, 0.25) is 0 Å². The summed E-state index contributed by atoms with van der Waals surface area (Å²) >= 11 is 0. The number of Topliss-reactive ketones (excluding diaryl/α,β-unsaturated/α-hetero) is 1. The van der Waals surface area contributed by atoms with E-state index in [2.05, 4.69) is 0 Å². The van der Waals surface area contributed by atoms with Crippen LogP contribution < -0.4 is 9.47 Å². The fraction of sp³-hybridized carbons (Fsp3) is 0.636. The molecule has 8 rings (SSSR count). The van der Waals surface area contributed by atoms with Crippen molar-refractivity contribution in [3.05, 3.63) is 28.3 Å². The molecule has 46 heavy (non-hydrogen) atoms. The number of ketones is 1. The molecule has 2 aromatic carbocycles. The summed E-state index contributed by atoms with van der Waals surface area (Å²) in [5.41, 5.74) is -0.244. The van der Waals surface area contributed by atoms with Gasteiger partial charge in [0.1, 0.15) is 35.6 Å². The molecular formula is C33H38O13. The van der Waals surface area contributed by atoms with E-state index in [0.717, 1.165) is 5.56 Å². The van der Waals surface area contributed by atoms with Crippen LogP contribution in [0.1, 0.15) is 73.2 Å². The van der Waals surface area contributed by atoms with Crippen LogP contribution in [0.5, 0.6) is 17.2 Å². The lowest BCUT2D eigenvalue weighted by atomic mass is 9.78. The highest BCUT2D eigenvalue weighted by Gasteiger charge is 2.91. The van der Waals surface area contributed by atoms with Gasteiger partial charge in [0, 0.05) is 43.4 Å². The van der Waals surface area contributed by atoms with Crippen molar-refractivity contribution in [2.24, 2.45) is 0 Å². The molecule has 4 fully saturated rings. The van der Waals surface area contributed by atoms with E-state index >= 15 is 0 Å². The minimum absolute atomic E-state index is 0.0239. The van der Waals surface area contributed by atoms with Gasteiger partial charge >= 0.3 is 5.97 Å². The first-order valence-electron chi connectivity index (χ1n) is 15.7. The summed E-state index contributed by atoms with van der Waals surface area (Å²) in [5, 5.41) is 23.8. The van der Waals surface area contributed by atoms with Crippen LogP contribution in [-0.2, 0) is 44.4 Å². The first kappa shape index (κ1) is 30.3. The van der Waals surface area contributed by atoms with Crippen molar-refractivity contribution in [3.8, 4) is 17.2 Å². The summed E-state index contributed by atoms with van der Waals surface area (Å²) < 4.78 is 55.9. The van der Waals surface area contributed by atoms with Gasteiger partial charge in [-0.15, -0.1) is 0 Å². The minimum Gasteiger partial charge on any atom is -0.506 e. The van der Waals surface area contributed by atoms with E-state index in [9.17, 15) is 19.8 Å². The molecule has 1 spiro atoms. The molecule has 5 aliphatic heterocycles. The lowest BCUT2D eigenvalue weighted by Gasteiger charge is -2.49. The monoisotopic (exact) mass is 642 g/mol. The number of carbonyl (C=O) groups is 2. The van der Waals surface area contributed by atoms with E-state index in [-0.39, 0.29) is 36.7 Å².